The van der Waals surface area contributed by atoms with Gasteiger partial charge in [0, 0.05) is 5.56 Å². The van der Waals surface area contributed by atoms with Crippen molar-refractivity contribution < 1.29 is 9.47 Å². The first-order chi connectivity index (χ1) is 8.24. The Bertz CT molecular complexity index is 509. The van der Waals surface area contributed by atoms with Gasteiger partial charge in [0.05, 0.1) is 31.8 Å². The summed E-state index contributed by atoms with van der Waals surface area (Å²) in [4.78, 5) is 4.27. The average Bonchev–Trinajstić information content (AvgIpc) is 2.39. The minimum atomic E-state index is 0.635. The summed E-state index contributed by atoms with van der Waals surface area (Å²) in [6.45, 7) is 0. The Kier molecular flexibility index (Phi) is 3.14. The van der Waals surface area contributed by atoms with E-state index in [0.29, 0.717) is 5.69 Å². The van der Waals surface area contributed by atoms with Crippen molar-refractivity contribution in [3.8, 4) is 22.8 Å². The number of methoxy groups -OCH3 is 2. The molecule has 0 saturated heterocycles. The van der Waals surface area contributed by atoms with Crippen LogP contribution in [-0.2, 0) is 0 Å². The standard InChI is InChI=1S/C13H14N2O2/c1-16-10-4-6-13(17-2)11(7-10)12-5-3-9(14)8-15-12/h3-8H,14H2,1-2H3. The van der Waals surface area contributed by atoms with Crippen LogP contribution < -0.4 is 15.2 Å². The van der Waals surface area contributed by atoms with Gasteiger partial charge >= 0.3 is 0 Å². The highest BCUT2D eigenvalue weighted by atomic mass is 16.5. The molecule has 17 heavy (non-hydrogen) atoms. The molecule has 2 rings (SSSR count). The molecule has 0 aliphatic heterocycles. The number of ether oxygens (including phenoxy) is 2. The number of hydrogen-bond acceptors (Lipinski definition) is 4. The van der Waals surface area contributed by atoms with Gasteiger partial charge in [0.2, 0.25) is 0 Å². The zero-order chi connectivity index (χ0) is 12.3. The number of aromatic nitrogens is 1. The first-order valence-corrected chi connectivity index (χ1v) is 5.18. The molecule has 0 spiro atoms. The quantitative estimate of drug-likeness (QED) is 0.879. The van der Waals surface area contributed by atoms with E-state index in [1.807, 2.05) is 24.3 Å². The van der Waals surface area contributed by atoms with Crippen LogP contribution in [0.4, 0.5) is 5.69 Å². The molecule has 1 aromatic heterocycles. The Hall–Kier alpha value is -2.23. The third kappa shape index (κ3) is 2.30. The second-order valence-electron chi connectivity index (χ2n) is 3.54. The maximum atomic E-state index is 5.61. The second-order valence-corrected chi connectivity index (χ2v) is 3.54. The maximum absolute atomic E-state index is 5.61. The van der Waals surface area contributed by atoms with Crippen LogP contribution in [0.5, 0.6) is 11.5 Å². The Morgan fingerprint density at radius 2 is 1.88 bits per heavy atom. The van der Waals surface area contributed by atoms with Crippen LogP contribution in [0.2, 0.25) is 0 Å². The molecule has 0 saturated carbocycles. The lowest BCUT2D eigenvalue weighted by Crippen LogP contribution is -1.93. The number of nitrogens with two attached hydrogens (primary N) is 1. The van der Waals surface area contributed by atoms with Gasteiger partial charge in [-0.1, -0.05) is 0 Å². The molecule has 0 fully saturated rings. The fourth-order valence-electron chi connectivity index (χ4n) is 1.58. The zero-order valence-corrected chi connectivity index (χ0v) is 9.81. The fraction of sp³-hybridized carbons (Fsp3) is 0.154. The molecule has 2 aromatic rings. The second kappa shape index (κ2) is 4.74. The third-order valence-corrected chi connectivity index (χ3v) is 2.47. The highest BCUT2D eigenvalue weighted by molar-refractivity contribution is 5.69. The van der Waals surface area contributed by atoms with E-state index in [1.165, 1.54) is 0 Å². The summed E-state index contributed by atoms with van der Waals surface area (Å²) >= 11 is 0. The van der Waals surface area contributed by atoms with Gasteiger partial charge < -0.3 is 15.2 Å². The van der Waals surface area contributed by atoms with Crippen molar-refractivity contribution in [2.24, 2.45) is 0 Å². The van der Waals surface area contributed by atoms with E-state index in [0.717, 1.165) is 22.8 Å². The summed E-state index contributed by atoms with van der Waals surface area (Å²) in [6.07, 6.45) is 1.62. The van der Waals surface area contributed by atoms with Crippen molar-refractivity contribution >= 4 is 5.69 Å². The van der Waals surface area contributed by atoms with Crippen LogP contribution in [0.3, 0.4) is 0 Å². The lowest BCUT2D eigenvalue weighted by Gasteiger charge is -2.10. The first kappa shape index (κ1) is 11.3. The van der Waals surface area contributed by atoms with Crippen molar-refractivity contribution in [2.75, 3.05) is 20.0 Å². The van der Waals surface area contributed by atoms with Crippen molar-refractivity contribution in [2.45, 2.75) is 0 Å². The molecule has 0 atom stereocenters. The predicted molar refractivity (Wildman–Crippen MR) is 67.2 cm³/mol. The van der Waals surface area contributed by atoms with E-state index in [9.17, 15) is 0 Å². The SMILES string of the molecule is COc1ccc(OC)c(-c2ccc(N)cn2)c1. The Balaban J connectivity index is 2.51. The minimum Gasteiger partial charge on any atom is -0.497 e. The molecule has 4 heteroatoms. The molecule has 0 aliphatic carbocycles. The summed E-state index contributed by atoms with van der Waals surface area (Å²) in [6, 6.07) is 9.25. The monoisotopic (exact) mass is 230 g/mol. The van der Waals surface area contributed by atoms with Crippen LogP contribution in [0, 0.1) is 0 Å². The van der Waals surface area contributed by atoms with Gasteiger partial charge in [-0.25, -0.2) is 0 Å². The van der Waals surface area contributed by atoms with E-state index in [4.69, 9.17) is 15.2 Å². The number of anilines is 1. The van der Waals surface area contributed by atoms with Gasteiger partial charge in [0.15, 0.2) is 0 Å². The van der Waals surface area contributed by atoms with Crippen molar-refractivity contribution in [3.63, 3.8) is 0 Å². The van der Waals surface area contributed by atoms with Gasteiger partial charge in [0.25, 0.3) is 0 Å². The molecule has 2 N–H and O–H groups in total. The van der Waals surface area contributed by atoms with Gasteiger partial charge in [-0.05, 0) is 30.3 Å². The van der Waals surface area contributed by atoms with Crippen LogP contribution >= 0.6 is 0 Å². The van der Waals surface area contributed by atoms with E-state index in [1.54, 1.807) is 26.5 Å². The molecule has 0 aliphatic rings. The summed E-state index contributed by atoms with van der Waals surface area (Å²) in [5, 5.41) is 0. The molecule has 0 radical (unpaired) electrons. The molecule has 0 amide bonds. The highest BCUT2D eigenvalue weighted by Gasteiger charge is 2.08. The summed E-state index contributed by atoms with van der Waals surface area (Å²) < 4.78 is 10.5. The number of hydrogen-bond donors (Lipinski definition) is 1. The lowest BCUT2D eigenvalue weighted by atomic mass is 10.1. The van der Waals surface area contributed by atoms with Gasteiger partial charge in [-0.3, -0.25) is 4.98 Å². The Morgan fingerprint density at radius 1 is 1.06 bits per heavy atom. The number of nitrogen functional groups attached to an aromatic ring is 1. The van der Waals surface area contributed by atoms with Crippen molar-refractivity contribution in [3.05, 3.63) is 36.5 Å². The zero-order valence-electron chi connectivity index (χ0n) is 9.81. The summed E-state index contributed by atoms with van der Waals surface area (Å²) in [5.74, 6) is 1.52. The first-order valence-electron chi connectivity index (χ1n) is 5.18. The average molecular weight is 230 g/mol. The van der Waals surface area contributed by atoms with Crippen molar-refractivity contribution in [1.82, 2.24) is 4.98 Å². The molecule has 1 aromatic carbocycles. The maximum Gasteiger partial charge on any atom is 0.128 e. The largest absolute Gasteiger partial charge is 0.497 e. The Morgan fingerprint density at radius 3 is 2.47 bits per heavy atom. The summed E-state index contributed by atoms with van der Waals surface area (Å²) in [7, 11) is 3.25. The van der Waals surface area contributed by atoms with E-state index >= 15 is 0 Å². The van der Waals surface area contributed by atoms with Crippen LogP contribution in [0.15, 0.2) is 36.5 Å². The molecule has 0 unspecified atom stereocenters. The highest BCUT2D eigenvalue weighted by Crippen LogP contribution is 2.32. The normalized spacial score (nSPS) is 10.0. The van der Waals surface area contributed by atoms with Gasteiger partial charge in [-0.2, -0.15) is 0 Å². The third-order valence-electron chi connectivity index (χ3n) is 2.47. The lowest BCUT2D eigenvalue weighted by molar-refractivity contribution is 0.404. The fourth-order valence-corrected chi connectivity index (χ4v) is 1.58. The smallest absolute Gasteiger partial charge is 0.128 e. The molecule has 1 heterocycles. The number of nitrogens with zero attached hydrogens (tertiary/aromatic N) is 1. The van der Waals surface area contributed by atoms with Gasteiger partial charge in [0.1, 0.15) is 11.5 Å². The van der Waals surface area contributed by atoms with E-state index in [2.05, 4.69) is 4.98 Å². The number of benzene rings is 1. The van der Waals surface area contributed by atoms with Crippen LogP contribution in [0.1, 0.15) is 0 Å². The van der Waals surface area contributed by atoms with Gasteiger partial charge in [-0.15, -0.1) is 0 Å². The number of pyridine rings is 1. The minimum absolute atomic E-state index is 0.635. The van der Waals surface area contributed by atoms with E-state index in [-0.39, 0.29) is 0 Å². The molecular formula is C13H14N2O2. The summed E-state index contributed by atoms with van der Waals surface area (Å²) in [5.41, 5.74) is 7.93. The topological polar surface area (TPSA) is 57.4 Å². The van der Waals surface area contributed by atoms with E-state index < -0.39 is 0 Å². The van der Waals surface area contributed by atoms with Crippen LogP contribution in [-0.4, -0.2) is 19.2 Å². The molecular weight excluding hydrogens is 216 g/mol. The van der Waals surface area contributed by atoms with Crippen molar-refractivity contribution in [1.29, 1.82) is 0 Å². The molecule has 0 bridgehead atoms. The Labute approximate surface area is 100 Å². The molecule has 4 nitrogen and oxygen atoms in total. The van der Waals surface area contributed by atoms with Crippen LogP contribution in [0.25, 0.3) is 11.3 Å². The molecule has 88 valence electrons. The predicted octanol–water partition coefficient (Wildman–Crippen LogP) is 2.35. The number of rotatable bonds is 3.